The van der Waals surface area contributed by atoms with Crippen LogP contribution in [-0.4, -0.2) is 23.0 Å². The molecule has 0 bridgehead atoms. The molecule has 104 valence electrons. The molecule has 0 aliphatic carbocycles. The molecule has 0 spiro atoms. The van der Waals surface area contributed by atoms with Gasteiger partial charge in [0.15, 0.2) is 0 Å². The molecule has 5 nitrogen and oxygen atoms in total. The molecule has 1 amide bonds. The summed E-state index contributed by atoms with van der Waals surface area (Å²) in [5.74, 6) is -0.636. The van der Waals surface area contributed by atoms with Crippen molar-refractivity contribution in [2.24, 2.45) is 10.9 Å². The number of hydrogen-bond donors (Lipinski definition) is 3. The van der Waals surface area contributed by atoms with E-state index in [-0.39, 0.29) is 30.6 Å². The summed E-state index contributed by atoms with van der Waals surface area (Å²) in [4.78, 5) is 11.8. The lowest BCUT2D eigenvalue weighted by Gasteiger charge is -2.16. The maximum atomic E-state index is 13.4. The van der Waals surface area contributed by atoms with Crippen LogP contribution in [0.15, 0.2) is 29.4 Å². The van der Waals surface area contributed by atoms with Crippen LogP contribution >= 0.6 is 0 Å². The average Bonchev–Trinajstić information content (AvgIpc) is 2.40. The summed E-state index contributed by atoms with van der Waals surface area (Å²) in [7, 11) is 0. The van der Waals surface area contributed by atoms with Gasteiger partial charge < -0.3 is 16.3 Å². The SMILES string of the molecule is CCC(CC(N)=NO)NC(=O)Cc1ccccc1F. The number of hydrogen-bond acceptors (Lipinski definition) is 3. The van der Waals surface area contributed by atoms with Crippen molar-refractivity contribution in [2.45, 2.75) is 32.2 Å². The van der Waals surface area contributed by atoms with Gasteiger partial charge in [0.25, 0.3) is 0 Å². The van der Waals surface area contributed by atoms with E-state index in [1.165, 1.54) is 6.07 Å². The lowest BCUT2D eigenvalue weighted by Crippen LogP contribution is -2.38. The van der Waals surface area contributed by atoms with Crippen molar-refractivity contribution in [3.8, 4) is 0 Å². The third kappa shape index (κ3) is 4.95. The minimum absolute atomic E-state index is 0.0284. The molecular weight excluding hydrogens is 249 g/mol. The van der Waals surface area contributed by atoms with E-state index in [0.29, 0.717) is 12.0 Å². The van der Waals surface area contributed by atoms with E-state index >= 15 is 0 Å². The van der Waals surface area contributed by atoms with Gasteiger partial charge in [0, 0.05) is 12.5 Å². The number of rotatable bonds is 6. The highest BCUT2D eigenvalue weighted by atomic mass is 19.1. The largest absolute Gasteiger partial charge is 0.409 e. The highest BCUT2D eigenvalue weighted by Gasteiger charge is 2.14. The monoisotopic (exact) mass is 267 g/mol. The second kappa shape index (κ2) is 7.35. The molecule has 6 heteroatoms. The van der Waals surface area contributed by atoms with Crippen LogP contribution in [0, 0.1) is 5.82 Å². The Hall–Kier alpha value is -2.11. The Morgan fingerprint density at radius 1 is 1.53 bits per heavy atom. The number of nitrogens with two attached hydrogens (primary N) is 1. The Kier molecular flexibility index (Phi) is 5.78. The normalized spacial score (nSPS) is 13.1. The van der Waals surface area contributed by atoms with Gasteiger partial charge in [-0.3, -0.25) is 4.79 Å². The lowest BCUT2D eigenvalue weighted by molar-refractivity contribution is -0.121. The number of carbonyl (C=O) groups is 1. The Bertz CT molecular complexity index is 463. The third-order valence-corrected chi connectivity index (χ3v) is 2.75. The highest BCUT2D eigenvalue weighted by Crippen LogP contribution is 2.07. The summed E-state index contributed by atoms with van der Waals surface area (Å²) in [5, 5.41) is 14.1. The third-order valence-electron chi connectivity index (χ3n) is 2.75. The van der Waals surface area contributed by atoms with Crippen molar-refractivity contribution >= 4 is 11.7 Å². The van der Waals surface area contributed by atoms with Gasteiger partial charge in [-0.15, -0.1) is 0 Å². The second-order valence-electron chi connectivity index (χ2n) is 4.24. The van der Waals surface area contributed by atoms with Crippen molar-refractivity contribution < 1.29 is 14.4 Å². The van der Waals surface area contributed by atoms with Gasteiger partial charge in [0.1, 0.15) is 11.7 Å². The highest BCUT2D eigenvalue weighted by molar-refractivity contribution is 5.82. The molecule has 1 atom stereocenters. The van der Waals surface area contributed by atoms with E-state index in [1.54, 1.807) is 18.2 Å². The van der Waals surface area contributed by atoms with E-state index < -0.39 is 5.82 Å². The molecular formula is C13H18FN3O2. The standard InChI is InChI=1S/C13H18FN3O2/c1-2-10(8-12(15)17-19)16-13(18)7-9-5-3-4-6-11(9)14/h3-6,10,19H,2,7-8H2,1H3,(H2,15,17)(H,16,18). The van der Waals surface area contributed by atoms with Gasteiger partial charge >= 0.3 is 0 Å². The van der Waals surface area contributed by atoms with Crippen molar-refractivity contribution in [3.05, 3.63) is 35.6 Å². The van der Waals surface area contributed by atoms with Crippen LogP contribution in [0.4, 0.5) is 4.39 Å². The number of halogens is 1. The molecule has 4 N–H and O–H groups in total. The lowest BCUT2D eigenvalue weighted by atomic mass is 10.1. The number of nitrogens with zero attached hydrogens (tertiary/aromatic N) is 1. The van der Waals surface area contributed by atoms with Crippen LogP contribution in [0.1, 0.15) is 25.3 Å². The summed E-state index contributed by atoms with van der Waals surface area (Å²) < 4.78 is 13.4. The minimum atomic E-state index is -0.401. The number of nitrogens with one attached hydrogen (secondary N) is 1. The van der Waals surface area contributed by atoms with E-state index in [9.17, 15) is 9.18 Å². The van der Waals surface area contributed by atoms with Gasteiger partial charge in [0.2, 0.25) is 5.91 Å². The summed E-state index contributed by atoms with van der Waals surface area (Å²) in [6, 6.07) is 5.91. The first kappa shape index (κ1) is 14.9. The zero-order chi connectivity index (χ0) is 14.3. The number of amidine groups is 1. The second-order valence-corrected chi connectivity index (χ2v) is 4.24. The molecule has 1 aromatic carbocycles. The van der Waals surface area contributed by atoms with Crippen LogP contribution in [0.2, 0.25) is 0 Å². The molecule has 0 saturated heterocycles. The maximum absolute atomic E-state index is 13.4. The fourth-order valence-corrected chi connectivity index (χ4v) is 1.68. The molecule has 0 aliphatic heterocycles. The van der Waals surface area contributed by atoms with E-state index in [2.05, 4.69) is 10.5 Å². The molecule has 0 saturated carbocycles. The van der Waals surface area contributed by atoms with Gasteiger partial charge in [-0.2, -0.15) is 0 Å². The summed E-state index contributed by atoms with van der Waals surface area (Å²) >= 11 is 0. The van der Waals surface area contributed by atoms with Crippen molar-refractivity contribution in [3.63, 3.8) is 0 Å². The molecule has 0 aromatic heterocycles. The Balaban J connectivity index is 2.57. The molecule has 19 heavy (non-hydrogen) atoms. The van der Waals surface area contributed by atoms with Crippen LogP contribution in [0.3, 0.4) is 0 Å². The first-order chi connectivity index (χ1) is 9.06. The zero-order valence-electron chi connectivity index (χ0n) is 10.8. The number of amides is 1. The first-order valence-electron chi connectivity index (χ1n) is 6.06. The van der Waals surface area contributed by atoms with Gasteiger partial charge in [-0.25, -0.2) is 4.39 Å². The molecule has 1 rings (SSSR count). The van der Waals surface area contributed by atoms with Crippen LogP contribution < -0.4 is 11.1 Å². The molecule has 0 heterocycles. The van der Waals surface area contributed by atoms with Crippen molar-refractivity contribution in [2.75, 3.05) is 0 Å². The fourth-order valence-electron chi connectivity index (χ4n) is 1.68. The Labute approximate surface area is 111 Å². The number of benzene rings is 1. The molecule has 0 fully saturated rings. The zero-order valence-corrected chi connectivity index (χ0v) is 10.8. The van der Waals surface area contributed by atoms with Gasteiger partial charge in [-0.1, -0.05) is 30.3 Å². The van der Waals surface area contributed by atoms with Crippen LogP contribution in [0.25, 0.3) is 0 Å². The smallest absolute Gasteiger partial charge is 0.224 e. The number of oxime groups is 1. The molecule has 1 unspecified atom stereocenters. The average molecular weight is 267 g/mol. The summed E-state index contributed by atoms with van der Waals surface area (Å²) in [6.07, 6.45) is 0.870. The Morgan fingerprint density at radius 3 is 2.79 bits per heavy atom. The van der Waals surface area contributed by atoms with Crippen LogP contribution in [-0.2, 0) is 11.2 Å². The number of carbonyl (C=O) groups excluding carboxylic acids is 1. The summed E-state index contributed by atoms with van der Waals surface area (Å²) in [6.45, 7) is 1.87. The predicted molar refractivity (Wildman–Crippen MR) is 70.4 cm³/mol. The fraction of sp³-hybridized carbons (Fsp3) is 0.385. The van der Waals surface area contributed by atoms with Crippen LogP contribution in [0.5, 0.6) is 0 Å². The van der Waals surface area contributed by atoms with Gasteiger partial charge in [0.05, 0.1) is 6.42 Å². The van der Waals surface area contributed by atoms with Crippen molar-refractivity contribution in [1.29, 1.82) is 0 Å². The van der Waals surface area contributed by atoms with Gasteiger partial charge in [-0.05, 0) is 18.1 Å². The van der Waals surface area contributed by atoms with E-state index in [1.807, 2.05) is 6.92 Å². The van der Waals surface area contributed by atoms with E-state index in [4.69, 9.17) is 10.9 Å². The molecule has 0 aliphatic rings. The predicted octanol–water partition coefficient (Wildman–Crippen LogP) is 1.40. The summed E-state index contributed by atoms with van der Waals surface area (Å²) in [5.41, 5.74) is 5.74. The van der Waals surface area contributed by atoms with Crippen molar-refractivity contribution in [1.82, 2.24) is 5.32 Å². The molecule has 1 aromatic rings. The minimum Gasteiger partial charge on any atom is -0.409 e. The topological polar surface area (TPSA) is 87.7 Å². The quantitative estimate of drug-likeness (QED) is 0.315. The first-order valence-corrected chi connectivity index (χ1v) is 6.06. The molecule has 0 radical (unpaired) electrons. The van der Waals surface area contributed by atoms with E-state index in [0.717, 1.165) is 0 Å². The Morgan fingerprint density at radius 2 is 2.21 bits per heavy atom. The maximum Gasteiger partial charge on any atom is 0.224 e.